The van der Waals surface area contributed by atoms with E-state index < -0.39 is 5.82 Å². The molecule has 9 heteroatoms. The standard InChI is InChI=1S/C18H25FN6.2ClH/c1-2-4-13-10-17(25-8-3-5-12(20)11-25)24-18(22-13)23-14-6-7-15(19)16(21)9-14;;/h6-7,9-10,12H,2-5,8,11,20-21H2,1H3,(H,22,23,24);2*1H/t12-;;/m1../s1. The largest absolute Gasteiger partial charge is 0.396 e. The van der Waals surface area contributed by atoms with Crippen LogP contribution in [0.5, 0.6) is 0 Å². The number of anilines is 4. The number of hydrogen-bond donors (Lipinski definition) is 3. The Balaban J connectivity index is 0.00000182. The normalized spacial score (nSPS) is 16.3. The molecule has 0 spiro atoms. The van der Waals surface area contributed by atoms with Crippen molar-refractivity contribution in [3.05, 3.63) is 35.8 Å². The lowest BCUT2D eigenvalue weighted by Crippen LogP contribution is -2.43. The molecule has 1 aromatic heterocycles. The highest BCUT2D eigenvalue weighted by Gasteiger charge is 2.19. The molecule has 1 saturated heterocycles. The monoisotopic (exact) mass is 416 g/mol. The van der Waals surface area contributed by atoms with Gasteiger partial charge in [-0.25, -0.2) is 9.37 Å². The first-order valence-corrected chi connectivity index (χ1v) is 8.75. The number of aromatic nitrogens is 2. The Morgan fingerprint density at radius 2 is 2.04 bits per heavy atom. The Morgan fingerprint density at radius 1 is 1.26 bits per heavy atom. The first-order valence-electron chi connectivity index (χ1n) is 8.75. The van der Waals surface area contributed by atoms with Crippen LogP contribution in [-0.4, -0.2) is 29.1 Å². The summed E-state index contributed by atoms with van der Waals surface area (Å²) in [4.78, 5) is 11.4. The molecule has 1 aromatic carbocycles. The Hall–Kier alpha value is -1.83. The van der Waals surface area contributed by atoms with Crippen LogP contribution in [0.4, 0.5) is 27.5 Å². The van der Waals surface area contributed by atoms with Crippen molar-refractivity contribution in [2.75, 3.05) is 29.0 Å². The maximum Gasteiger partial charge on any atom is 0.229 e. The van der Waals surface area contributed by atoms with E-state index in [4.69, 9.17) is 11.5 Å². The van der Waals surface area contributed by atoms with Gasteiger partial charge in [0.05, 0.1) is 5.69 Å². The highest BCUT2D eigenvalue weighted by molar-refractivity contribution is 5.85. The maximum absolute atomic E-state index is 13.3. The maximum atomic E-state index is 13.3. The first-order chi connectivity index (χ1) is 12.0. The molecule has 0 radical (unpaired) electrons. The van der Waals surface area contributed by atoms with Crippen molar-refractivity contribution < 1.29 is 4.39 Å². The number of rotatable bonds is 5. The predicted molar refractivity (Wildman–Crippen MR) is 114 cm³/mol. The second-order valence-electron chi connectivity index (χ2n) is 6.50. The number of nitrogens with one attached hydrogen (secondary N) is 1. The van der Waals surface area contributed by atoms with E-state index >= 15 is 0 Å². The summed E-state index contributed by atoms with van der Waals surface area (Å²) in [6.45, 7) is 3.86. The van der Waals surface area contributed by atoms with Crippen LogP contribution in [0.25, 0.3) is 0 Å². The molecule has 1 aliphatic rings. The van der Waals surface area contributed by atoms with E-state index in [1.165, 1.54) is 6.07 Å². The molecule has 0 unspecified atom stereocenters. The van der Waals surface area contributed by atoms with Crippen LogP contribution in [0.3, 0.4) is 0 Å². The zero-order chi connectivity index (χ0) is 17.8. The van der Waals surface area contributed by atoms with Crippen molar-refractivity contribution in [1.82, 2.24) is 9.97 Å². The van der Waals surface area contributed by atoms with Gasteiger partial charge >= 0.3 is 0 Å². The zero-order valence-electron chi connectivity index (χ0n) is 15.3. The minimum atomic E-state index is -0.436. The van der Waals surface area contributed by atoms with E-state index in [1.807, 2.05) is 6.07 Å². The summed E-state index contributed by atoms with van der Waals surface area (Å²) in [5.41, 5.74) is 13.5. The van der Waals surface area contributed by atoms with E-state index in [0.717, 1.165) is 50.3 Å². The molecule has 1 atom stereocenters. The van der Waals surface area contributed by atoms with E-state index in [2.05, 4.69) is 27.1 Å². The fraction of sp³-hybridized carbons (Fsp3) is 0.444. The minimum absolute atomic E-state index is 0. The van der Waals surface area contributed by atoms with Crippen LogP contribution in [0, 0.1) is 5.82 Å². The smallest absolute Gasteiger partial charge is 0.229 e. The number of nitrogen functional groups attached to an aromatic ring is 1. The third-order valence-electron chi connectivity index (χ3n) is 4.31. The number of nitrogens with zero attached hydrogens (tertiary/aromatic N) is 3. The molecule has 0 saturated carbocycles. The highest BCUT2D eigenvalue weighted by Crippen LogP contribution is 2.23. The quantitative estimate of drug-likeness (QED) is 0.643. The molecule has 6 nitrogen and oxygen atoms in total. The molecule has 2 heterocycles. The van der Waals surface area contributed by atoms with Crippen molar-refractivity contribution in [3.63, 3.8) is 0 Å². The van der Waals surface area contributed by atoms with Crippen molar-refractivity contribution in [2.45, 2.75) is 38.6 Å². The second-order valence-corrected chi connectivity index (χ2v) is 6.50. The van der Waals surface area contributed by atoms with Crippen molar-refractivity contribution in [3.8, 4) is 0 Å². The number of nitrogens with two attached hydrogens (primary N) is 2. The van der Waals surface area contributed by atoms with Gasteiger partial charge in [0, 0.05) is 36.6 Å². The van der Waals surface area contributed by atoms with E-state index in [0.29, 0.717) is 11.6 Å². The summed E-state index contributed by atoms with van der Waals surface area (Å²) in [7, 11) is 0. The van der Waals surface area contributed by atoms with Gasteiger partial charge in [0.15, 0.2) is 0 Å². The Bertz CT molecular complexity index is 746. The summed E-state index contributed by atoms with van der Waals surface area (Å²) in [5.74, 6) is 0.937. The lowest BCUT2D eigenvalue weighted by Gasteiger charge is -2.32. The highest BCUT2D eigenvalue weighted by atomic mass is 35.5. The van der Waals surface area contributed by atoms with Crippen LogP contribution in [0.2, 0.25) is 0 Å². The Labute approximate surface area is 171 Å². The Morgan fingerprint density at radius 3 is 2.70 bits per heavy atom. The van der Waals surface area contributed by atoms with Crippen molar-refractivity contribution in [1.29, 1.82) is 0 Å². The minimum Gasteiger partial charge on any atom is -0.396 e. The van der Waals surface area contributed by atoms with Crippen molar-refractivity contribution >= 4 is 48.0 Å². The molecular formula is C18H27Cl2FN6. The van der Waals surface area contributed by atoms with Gasteiger partial charge in [-0.2, -0.15) is 4.98 Å². The number of halogens is 3. The van der Waals surface area contributed by atoms with Gasteiger partial charge in [-0.3, -0.25) is 0 Å². The third-order valence-corrected chi connectivity index (χ3v) is 4.31. The molecule has 150 valence electrons. The summed E-state index contributed by atoms with van der Waals surface area (Å²) < 4.78 is 13.3. The molecule has 1 fully saturated rings. The number of benzene rings is 1. The lowest BCUT2D eigenvalue weighted by molar-refractivity contribution is 0.503. The number of piperidine rings is 1. The molecule has 2 aromatic rings. The molecule has 0 aliphatic carbocycles. The predicted octanol–water partition coefficient (Wildman–Crippen LogP) is 3.67. The first kappa shape index (κ1) is 23.2. The number of hydrogen-bond acceptors (Lipinski definition) is 6. The molecule has 5 N–H and O–H groups in total. The van der Waals surface area contributed by atoms with Gasteiger partial charge < -0.3 is 21.7 Å². The molecule has 27 heavy (non-hydrogen) atoms. The van der Waals surface area contributed by atoms with Gasteiger partial charge in [-0.1, -0.05) is 13.3 Å². The van der Waals surface area contributed by atoms with Gasteiger partial charge in [0.1, 0.15) is 11.6 Å². The molecular weight excluding hydrogens is 390 g/mol. The van der Waals surface area contributed by atoms with Crippen LogP contribution in [0.1, 0.15) is 31.9 Å². The molecule has 0 amide bonds. The van der Waals surface area contributed by atoms with Crippen LogP contribution < -0.4 is 21.7 Å². The van der Waals surface area contributed by atoms with Gasteiger partial charge in [0.2, 0.25) is 5.95 Å². The van der Waals surface area contributed by atoms with Crippen molar-refractivity contribution in [2.24, 2.45) is 5.73 Å². The summed E-state index contributed by atoms with van der Waals surface area (Å²) in [6.07, 6.45) is 3.98. The zero-order valence-corrected chi connectivity index (χ0v) is 17.0. The SMILES string of the molecule is CCCc1cc(N2CCC[C@@H](N)C2)nc(Nc2ccc(F)c(N)c2)n1.Cl.Cl. The second kappa shape index (κ2) is 10.5. The number of aryl methyl sites for hydroxylation is 1. The fourth-order valence-corrected chi connectivity index (χ4v) is 3.05. The fourth-order valence-electron chi connectivity index (χ4n) is 3.05. The molecule has 1 aliphatic heterocycles. The van der Waals surface area contributed by atoms with Crippen LogP contribution >= 0.6 is 24.8 Å². The topological polar surface area (TPSA) is 93.1 Å². The lowest BCUT2D eigenvalue weighted by atomic mass is 10.1. The average Bonchev–Trinajstić information content (AvgIpc) is 2.58. The molecule has 3 rings (SSSR count). The van der Waals surface area contributed by atoms with Gasteiger partial charge in [0.25, 0.3) is 0 Å². The summed E-state index contributed by atoms with van der Waals surface area (Å²) in [6, 6.07) is 6.70. The van der Waals surface area contributed by atoms with Crippen LogP contribution in [-0.2, 0) is 6.42 Å². The third kappa shape index (κ3) is 6.09. The van der Waals surface area contributed by atoms with E-state index in [1.54, 1.807) is 12.1 Å². The van der Waals surface area contributed by atoms with Gasteiger partial charge in [-0.05, 0) is 37.5 Å². The van der Waals surface area contributed by atoms with E-state index in [-0.39, 0.29) is 36.5 Å². The molecule has 0 bridgehead atoms. The summed E-state index contributed by atoms with van der Waals surface area (Å²) in [5, 5.41) is 3.13. The average molecular weight is 417 g/mol. The van der Waals surface area contributed by atoms with Gasteiger partial charge in [-0.15, -0.1) is 24.8 Å². The van der Waals surface area contributed by atoms with E-state index in [9.17, 15) is 4.39 Å². The van der Waals surface area contributed by atoms with Crippen LogP contribution in [0.15, 0.2) is 24.3 Å². The summed E-state index contributed by atoms with van der Waals surface area (Å²) >= 11 is 0. The Kier molecular flexibility index (Phi) is 9.02.